The summed E-state index contributed by atoms with van der Waals surface area (Å²) in [7, 11) is 2.00. The first-order valence-corrected chi connectivity index (χ1v) is 10.5. The van der Waals surface area contributed by atoms with E-state index in [2.05, 4.69) is 55.6 Å². The molecule has 1 unspecified atom stereocenters. The number of hydrogen-bond donors (Lipinski definition) is 2. The van der Waals surface area contributed by atoms with Crippen molar-refractivity contribution in [2.75, 3.05) is 13.1 Å². The number of nitrogens with zero attached hydrogens (tertiary/aromatic N) is 3. The molecule has 5 nitrogen and oxygen atoms in total. The molecule has 1 heterocycles. The fraction of sp³-hybridized carbons (Fsp3) is 0.545. The van der Waals surface area contributed by atoms with E-state index in [9.17, 15) is 0 Å². The molecule has 6 heteroatoms. The Morgan fingerprint density at radius 3 is 2.68 bits per heavy atom. The second-order valence-electron chi connectivity index (χ2n) is 8.01. The lowest BCUT2D eigenvalue weighted by Gasteiger charge is -2.20. The first-order valence-electron chi connectivity index (χ1n) is 10.1. The highest BCUT2D eigenvalue weighted by atomic mass is 35.5. The smallest absolute Gasteiger partial charge is 0.191 e. The van der Waals surface area contributed by atoms with E-state index in [4.69, 9.17) is 16.6 Å². The van der Waals surface area contributed by atoms with Gasteiger partial charge < -0.3 is 10.6 Å². The number of guanidine groups is 1. The number of halogens is 1. The Morgan fingerprint density at radius 2 is 2.11 bits per heavy atom. The second-order valence-corrected chi connectivity index (χ2v) is 8.44. The molecule has 0 spiro atoms. The maximum Gasteiger partial charge on any atom is 0.191 e. The zero-order valence-electron chi connectivity index (χ0n) is 17.6. The van der Waals surface area contributed by atoms with Crippen LogP contribution in [0.3, 0.4) is 0 Å². The minimum atomic E-state index is 0.146. The normalized spacial score (nSPS) is 16.7. The van der Waals surface area contributed by atoms with Gasteiger partial charge in [-0.05, 0) is 70.2 Å². The number of nitrogens with one attached hydrogen (secondary N) is 2. The largest absolute Gasteiger partial charge is 0.357 e. The molecule has 1 aliphatic rings. The van der Waals surface area contributed by atoms with Crippen LogP contribution in [-0.4, -0.2) is 34.9 Å². The topological polar surface area (TPSA) is 54.2 Å². The van der Waals surface area contributed by atoms with E-state index in [1.807, 2.05) is 23.9 Å². The molecule has 3 rings (SSSR count). The molecular formula is C22H32ClN5. The quantitative estimate of drug-likeness (QED) is 0.546. The molecule has 2 aromatic rings. The van der Waals surface area contributed by atoms with Crippen LogP contribution in [0.15, 0.2) is 29.3 Å². The summed E-state index contributed by atoms with van der Waals surface area (Å²) in [5.74, 6) is 0.877. The van der Waals surface area contributed by atoms with Crippen molar-refractivity contribution in [3.05, 3.63) is 51.8 Å². The van der Waals surface area contributed by atoms with E-state index in [0.717, 1.165) is 36.2 Å². The fourth-order valence-corrected chi connectivity index (χ4v) is 3.95. The molecule has 1 aromatic heterocycles. The third kappa shape index (κ3) is 4.69. The Bertz CT molecular complexity index is 851. The molecule has 0 bridgehead atoms. The molecule has 1 saturated carbocycles. The predicted molar refractivity (Wildman–Crippen MR) is 117 cm³/mol. The molecule has 1 aliphatic carbocycles. The van der Waals surface area contributed by atoms with E-state index >= 15 is 0 Å². The summed E-state index contributed by atoms with van der Waals surface area (Å²) < 4.78 is 1.96. The average molecular weight is 402 g/mol. The van der Waals surface area contributed by atoms with Crippen molar-refractivity contribution in [2.24, 2.45) is 12.0 Å². The number of rotatable bonds is 7. The van der Waals surface area contributed by atoms with E-state index < -0.39 is 0 Å². The van der Waals surface area contributed by atoms with Crippen LogP contribution in [0.4, 0.5) is 0 Å². The van der Waals surface area contributed by atoms with Gasteiger partial charge in [-0.2, -0.15) is 5.10 Å². The van der Waals surface area contributed by atoms with Crippen molar-refractivity contribution in [3.63, 3.8) is 0 Å². The van der Waals surface area contributed by atoms with Gasteiger partial charge >= 0.3 is 0 Å². The van der Waals surface area contributed by atoms with Gasteiger partial charge in [0.25, 0.3) is 0 Å². The first kappa shape index (κ1) is 20.7. The Balaban J connectivity index is 1.67. The highest BCUT2D eigenvalue weighted by Gasteiger charge is 2.44. The molecule has 28 heavy (non-hydrogen) atoms. The van der Waals surface area contributed by atoms with Gasteiger partial charge in [0.2, 0.25) is 0 Å². The van der Waals surface area contributed by atoms with Crippen LogP contribution in [-0.2, 0) is 18.9 Å². The van der Waals surface area contributed by atoms with Crippen molar-refractivity contribution in [1.29, 1.82) is 0 Å². The Kier molecular flexibility index (Phi) is 6.33. The summed E-state index contributed by atoms with van der Waals surface area (Å²) in [4.78, 5) is 4.92. The molecule has 1 fully saturated rings. The molecule has 1 aromatic carbocycles. The number of hydrogen-bond acceptors (Lipinski definition) is 2. The second kappa shape index (κ2) is 8.56. The predicted octanol–water partition coefficient (Wildman–Crippen LogP) is 3.91. The van der Waals surface area contributed by atoms with Gasteiger partial charge in [0.15, 0.2) is 5.96 Å². The highest BCUT2D eigenvalue weighted by molar-refractivity contribution is 6.30. The minimum Gasteiger partial charge on any atom is -0.357 e. The fourth-order valence-electron chi connectivity index (χ4n) is 3.76. The van der Waals surface area contributed by atoms with Gasteiger partial charge in [-0.3, -0.25) is 9.67 Å². The monoisotopic (exact) mass is 401 g/mol. The van der Waals surface area contributed by atoms with Crippen molar-refractivity contribution in [1.82, 2.24) is 20.4 Å². The van der Waals surface area contributed by atoms with Gasteiger partial charge in [0, 0.05) is 35.8 Å². The Hall–Kier alpha value is -2.01. The van der Waals surface area contributed by atoms with Crippen LogP contribution in [0.1, 0.15) is 49.2 Å². The third-order valence-electron chi connectivity index (χ3n) is 5.73. The summed E-state index contributed by atoms with van der Waals surface area (Å²) in [6.07, 6.45) is 3.26. The molecule has 0 radical (unpaired) electrons. The van der Waals surface area contributed by atoms with Crippen molar-refractivity contribution < 1.29 is 0 Å². The minimum absolute atomic E-state index is 0.146. The average Bonchev–Trinajstić information content (AvgIpc) is 3.40. The van der Waals surface area contributed by atoms with E-state index in [-0.39, 0.29) is 11.5 Å². The molecule has 1 atom stereocenters. The molecular weight excluding hydrogens is 370 g/mol. The van der Waals surface area contributed by atoms with Crippen LogP contribution in [0.2, 0.25) is 5.02 Å². The lowest BCUT2D eigenvalue weighted by molar-refractivity contribution is 0.627. The molecule has 152 valence electrons. The number of aromatic nitrogens is 2. The third-order valence-corrected chi connectivity index (χ3v) is 5.96. The van der Waals surface area contributed by atoms with Gasteiger partial charge in [-0.25, -0.2) is 0 Å². The summed E-state index contributed by atoms with van der Waals surface area (Å²) in [6, 6.07) is 8.48. The Labute approximate surface area is 173 Å². The van der Waals surface area contributed by atoms with Crippen LogP contribution < -0.4 is 10.6 Å². The maximum absolute atomic E-state index is 6.20. The van der Waals surface area contributed by atoms with Gasteiger partial charge in [0.05, 0.1) is 12.2 Å². The van der Waals surface area contributed by atoms with E-state index in [0.29, 0.717) is 0 Å². The Morgan fingerprint density at radius 1 is 1.36 bits per heavy atom. The van der Waals surface area contributed by atoms with Crippen molar-refractivity contribution in [2.45, 2.75) is 58.4 Å². The summed E-state index contributed by atoms with van der Waals surface area (Å²) in [5.41, 5.74) is 5.09. The maximum atomic E-state index is 6.20. The summed E-state index contributed by atoms with van der Waals surface area (Å²) in [5, 5.41) is 12.3. The molecule has 0 saturated heterocycles. The molecule has 0 amide bonds. The zero-order chi connectivity index (χ0) is 20.3. The zero-order valence-corrected chi connectivity index (χ0v) is 18.4. The molecule has 0 aliphatic heterocycles. The lowest BCUT2D eigenvalue weighted by Crippen LogP contribution is -2.43. The van der Waals surface area contributed by atoms with E-state index in [1.54, 1.807) is 0 Å². The lowest BCUT2D eigenvalue weighted by atomic mass is 9.96. The summed E-state index contributed by atoms with van der Waals surface area (Å²) >= 11 is 6.20. The van der Waals surface area contributed by atoms with Crippen LogP contribution in [0.25, 0.3) is 0 Å². The number of aliphatic imine (C=N–C) groups is 1. The van der Waals surface area contributed by atoms with Gasteiger partial charge in [0.1, 0.15) is 0 Å². The number of benzene rings is 1. The van der Waals surface area contributed by atoms with Gasteiger partial charge in [-0.1, -0.05) is 23.7 Å². The first-order chi connectivity index (χ1) is 13.3. The summed E-state index contributed by atoms with van der Waals surface area (Å²) in [6.45, 7) is 10.1. The molecule has 2 N–H and O–H groups in total. The SMILES string of the molecule is CCNC(=NCC1(c2cccc(Cl)c2)CC1)NC(C)Cc1c(C)nn(C)c1C. The van der Waals surface area contributed by atoms with Gasteiger partial charge in [-0.15, -0.1) is 0 Å². The van der Waals surface area contributed by atoms with Crippen LogP contribution >= 0.6 is 11.6 Å². The standard InChI is InChI=1S/C22H32ClN5/c1-6-24-21(26-15(2)12-20-16(3)27-28(5)17(20)4)25-14-22(10-11-22)18-8-7-9-19(23)13-18/h7-9,13,15H,6,10-12,14H2,1-5H3,(H2,24,25,26). The van der Waals surface area contributed by atoms with Crippen LogP contribution in [0.5, 0.6) is 0 Å². The van der Waals surface area contributed by atoms with Crippen molar-refractivity contribution >= 4 is 17.6 Å². The van der Waals surface area contributed by atoms with Crippen LogP contribution in [0, 0.1) is 13.8 Å². The van der Waals surface area contributed by atoms with Crippen molar-refractivity contribution in [3.8, 4) is 0 Å². The number of aryl methyl sites for hydroxylation is 2. The highest BCUT2D eigenvalue weighted by Crippen LogP contribution is 2.48. The van der Waals surface area contributed by atoms with E-state index in [1.165, 1.54) is 29.7 Å².